The zero-order chi connectivity index (χ0) is 20.4. The lowest BCUT2D eigenvalue weighted by atomic mass is 10.1. The van der Waals surface area contributed by atoms with Crippen LogP contribution in [0.3, 0.4) is 0 Å². The van der Waals surface area contributed by atoms with E-state index in [1.54, 1.807) is 0 Å². The highest BCUT2D eigenvalue weighted by atomic mass is 19.1. The van der Waals surface area contributed by atoms with E-state index >= 15 is 0 Å². The van der Waals surface area contributed by atoms with Crippen LogP contribution in [0.4, 0.5) is 14.5 Å². The number of aromatic nitrogens is 2. The van der Waals surface area contributed by atoms with Gasteiger partial charge in [0.05, 0.1) is 18.5 Å². The van der Waals surface area contributed by atoms with Gasteiger partial charge in [-0.1, -0.05) is 0 Å². The third kappa shape index (κ3) is 4.25. The van der Waals surface area contributed by atoms with Gasteiger partial charge in [0, 0.05) is 44.3 Å². The Bertz CT molecular complexity index is 920. The summed E-state index contributed by atoms with van der Waals surface area (Å²) in [4.78, 5) is 15.2. The topological polar surface area (TPSA) is 79.6 Å². The average Bonchev–Trinajstić information content (AvgIpc) is 3.46. The second-order valence-corrected chi connectivity index (χ2v) is 7.70. The van der Waals surface area contributed by atoms with Gasteiger partial charge in [-0.2, -0.15) is 9.78 Å². The van der Waals surface area contributed by atoms with Gasteiger partial charge in [-0.3, -0.25) is 4.79 Å². The second kappa shape index (κ2) is 8.08. The lowest BCUT2D eigenvalue weighted by Crippen LogP contribution is -2.44. The van der Waals surface area contributed by atoms with E-state index in [4.69, 9.17) is 4.74 Å². The van der Waals surface area contributed by atoms with Crippen LogP contribution in [-0.4, -0.2) is 54.3 Å². The number of aliphatic hydroxyl groups is 1. The summed E-state index contributed by atoms with van der Waals surface area (Å²) in [6.07, 6.45) is 4.00. The van der Waals surface area contributed by atoms with Crippen LogP contribution in [0.25, 0.3) is 5.69 Å². The summed E-state index contributed by atoms with van der Waals surface area (Å²) in [5, 5.41) is 16.7. The third-order valence-corrected chi connectivity index (χ3v) is 5.59. The smallest absolute Gasteiger partial charge is 0.316 e. The molecule has 4 rings (SSSR count). The number of hydrogen-bond acceptors (Lipinski definition) is 6. The number of rotatable bonds is 7. The van der Waals surface area contributed by atoms with E-state index in [1.165, 1.54) is 6.20 Å². The molecule has 1 aliphatic carbocycles. The maximum Gasteiger partial charge on any atom is 0.316 e. The number of nitrogens with one attached hydrogen (secondary N) is 1. The first-order valence-electron chi connectivity index (χ1n) is 9.79. The molecule has 1 saturated heterocycles. The number of halogens is 2. The first-order chi connectivity index (χ1) is 14.0. The normalized spacial score (nSPS) is 18.0. The molecule has 29 heavy (non-hydrogen) atoms. The van der Waals surface area contributed by atoms with Crippen molar-refractivity contribution >= 4 is 5.69 Å². The second-order valence-electron chi connectivity index (χ2n) is 7.70. The number of nitrogens with zero attached hydrogens (tertiary/aromatic N) is 3. The lowest BCUT2D eigenvalue weighted by Gasteiger charge is -2.30. The van der Waals surface area contributed by atoms with Crippen LogP contribution in [-0.2, 0) is 0 Å². The first-order valence-corrected chi connectivity index (χ1v) is 9.79. The van der Waals surface area contributed by atoms with Crippen LogP contribution in [0.2, 0.25) is 0 Å². The van der Waals surface area contributed by atoms with Crippen LogP contribution < -0.4 is 20.5 Å². The molecule has 0 atom stereocenters. The average molecular weight is 406 g/mol. The zero-order valence-electron chi connectivity index (χ0n) is 16.0. The van der Waals surface area contributed by atoms with Crippen molar-refractivity contribution < 1.29 is 18.6 Å². The molecule has 2 aliphatic rings. The molecular formula is C20H24F2N4O3. The molecule has 1 aliphatic heterocycles. The lowest BCUT2D eigenvalue weighted by molar-refractivity contribution is 0.182. The molecule has 0 amide bonds. The fourth-order valence-electron chi connectivity index (χ4n) is 3.65. The molecule has 7 nitrogen and oxygen atoms in total. The summed E-state index contributed by atoms with van der Waals surface area (Å²) in [7, 11) is 0. The molecule has 2 N–H and O–H groups in total. The maximum atomic E-state index is 13.7. The predicted octanol–water partition coefficient (Wildman–Crippen LogP) is 1.46. The van der Waals surface area contributed by atoms with Crippen molar-refractivity contribution in [3.8, 4) is 11.4 Å². The van der Waals surface area contributed by atoms with Gasteiger partial charge in [-0.15, -0.1) is 0 Å². The quantitative estimate of drug-likeness (QED) is 0.725. The van der Waals surface area contributed by atoms with Crippen molar-refractivity contribution in [3.05, 3.63) is 46.4 Å². The molecule has 1 aromatic carbocycles. The molecule has 0 spiro atoms. The number of anilines is 1. The molecule has 0 radical (unpaired) electrons. The molecule has 0 unspecified atom stereocenters. The minimum atomic E-state index is -0.790. The van der Waals surface area contributed by atoms with Crippen molar-refractivity contribution in [2.45, 2.75) is 19.3 Å². The molecule has 2 heterocycles. The standard InChI is InChI=1S/C20H24F2N4O3/c21-14-9-15(22)11-16(10-14)26-19(28)18(29-13-20(1-2-20)3-8-27)17(12-24-26)25-6-4-23-5-7-25/h9-12,23,27H,1-8,13H2. The Morgan fingerprint density at radius 2 is 1.86 bits per heavy atom. The van der Waals surface area contributed by atoms with E-state index in [0.29, 0.717) is 31.8 Å². The summed E-state index contributed by atoms with van der Waals surface area (Å²) >= 11 is 0. The number of ether oxygens (including phenoxy) is 1. The van der Waals surface area contributed by atoms with Crippen molar-refractivity contribution in [2.24, 2.45) is 5.41 Å². The largest absolute Gasteiger partial charge is 0.486 e. The van der Waals surface area contributed by atoms with Gasteiger partial charge >= 0.3 is 5.56 Å². The monoisotopic (exact) mass is 406 g/mol. The van der Waals surface area contributed by atoms with Crippen LogP contribution in [0.1, 0.15) is 19.3 Å². The van der Waals surface area contributed by atoms with Gasteiger partial charge in [0.2, 0.25) is 5.75 Å². The van der Waals surface area contributed by atoms with Gasteiger partial charge in [0.15, 0.2) is 0 Å². The summed E-state index contributed by atoms with van der Waals surface area (Å²) < 4.78 is 34.3. The van der Waals surface area contributed by atoms with Crippen molar-refractivity contribution in [1.82, 2.24) is 15.1 Å². The van der Waals surface area contributed by atoms with Gasteiger partial charge in [0.1, 0.15) is 17.3 Å². The number of hydrogen-bond donors (Lipinski definition) is 2. The minimum Gasteiger partial charge on any atom is -0.486 e. The van der Waals surface area contributed by atoms with E-state index in [2.05, 4.69) is 10.4 Å². The number of piperazine rings is 1. The maximum absolute atomic E-state index is 13.7. The summed E-state index contributed by atoms with van der Waals surface area (Å²) in [6, 6.07) is 2.85. The van der Waals surface area contributed by atoms with Crippen LogP contribution in [0.5, 0.6) is 5.75 Å². The molecule has 0 bridgehead atoms. The highest BCUT2D eigenvalue weighted by molar-refractivity contribution is 5.57. The Hall–Kier alpha value is -2.52. The van der Waals surface area contributed by atoms with Gasteiger partial charge in [-0.05, 0) is 31.4 Å². The van der Waals surface area contributed by atoms with Gasteiger partial charge in [-0.25, -0.2) is 8.78 Å². The van der Waals surface area contributed by atoms with Crippen molar-refractivity contribution in [1.29, 1.82) is 0 Å². The first kappa shape index (κ1) is 19.8. The Balaban J connectivity index is 1.72. The van der Waals surface area contributed by atoms with E-state index < -0.39 is 17.2 Å². The highest BCUT2D eigenvalue weighted by Crippen LogP contribution is 2.49. The summed E-state index contributed by atoms with van der Waals surface area (Å²) in [5.41, 5.74) is -0.1000. The van der Waals surface area contributed by atoms with E-state index in [0.717, 1.165) is 48.8 Å². The van der Waals surface area contributed by atoms with E-state index in [-0.39, 0.29) is 23.5 Å². The minimum absolute atomic E-state index is 0.000652. The van der Waals surface area contributed by atoms with E-state index in [9.17, 15) is 18.7 Å². The molecule has 1 aromatic heterocycles. The van der Waals surface area contributed by atoms with E-state index in [1.807, 2.05) is 4.90 Å². The number of benzene rings is 1. The Morgan fingerprint density at radius 3 is 2.48 bits per heavy atom. The van der Waals surface area contributed by atoms with Crippen molar-refractivity contribution in [2.75, 3.05) is 44.3 Å². The third-order valence-electron chi connectivity index (χ3n) is 5.59. The Labute approximate surface area is 166 Å². The SMILES string of the molecule is O=c1c(OCC2(CCO)CC2)c(N2CCNCC2)cnn1-c1cc(F)cc(F)c1. The van der Waals surface area contributed by atoms with Crippen LogP contribution in [0, 0.1) is 17.0 Å². The van der Waals surface area contributed by atoms with Gasteiger partial charge in [0.25, 0.3) is 0 Å². The Morgan fingerprint density at radius 1 is 1.17 bits per heavy atom. The molecule has 1 saturated carbocycles. The van der Waals surface area contributed by atoms with Crippen LogP contribution in [0.15, 0.2) is 29.2 Å². The summed E-state index contributed by atoms with van der Waals surface area (Å²) in [6.45, 7) is 3.30. The molecule has 2 fully saturated rings. The molecule has 9 heteroatoms. The van der Waals surface area contributed by atoms with Crippen molar-refractivity contribution in [3.63, 3.8) is 0 Å². The molecular weight excluding hydrogens is 382 g/mol. The predicted molar refractivity (Wildman–Crippen MR) is 104 cm³/mol. The highest BCUT2D eigenvalue weighted by Gasteiger charge is 2.43. The fourth-order valence-corrected chi connectivity index (χ4v) is 3.65. The molecule has 2 aromatic rings. The van der Waals surface area contributed by atoms with Crippen LogP contribution >= 0.6 is 0 Å². The summed E-state index contributed by atoms with van der Waals surface area (Å²) in [5.74, 6) is -1.46. The Kier molecular flexibility index (Phi) is 5.51. The zero-order valence-corrected chi connectivity index (χ0v) is 16.0. The molecule has 156 valence electrons. The number of aliphatic hydroxyl groups excluding tert-OH is 1. The van der Waals surface area contributed by atoms with Gasteiger partial charge < -0.3 is 20.1 Å². The fraction of sp³-hybridized carbons (Fsp3) is 0.500.